The Morgan fingerprint density at radius 3 is 2.65 bits per heavy atom. The molecule has 0 saturated carbocycles. The third kappa shape index (κ3) is 4.76. The second kappa shape index (κ2) is 6.76. The number of ether oxygens (including phenoxy) is 1. The number of para-hydroxylation sites is 2. The summed E-state index contributed by atoms with van der Waals surface area (Å²) in [5.74, 6) is -2.19. The Labute approximate surface area is 129 Å². The van der Waals surface area contributed by atoms with Crippen molar-refractivity contribution in [1.29, 1.82) is 0 Å². The van der Waals surface area contributed by atoms with Gasteiger partial charge in [-0.2, -0.15) is 0 Å². The molecule has 2 rings (SSSR count). The van der Waals surface area contributed by atoms with Crippen LogP contribution in [0.25, 0.3) is 0 Å². The highest BCUT2D eigenvalue weighted by atomic mass is 19.4. The summed E-state index contributed by atoms with van der Waals surface area (Å²) in [4.78, 5) is 24.4. The molecule has 0 aromatic heterocycles. The van der Waals surface area contributed by atoms with E-state index in [1.54, 1.807) is 0 Å². The van der Waals surface area contributed by atoms with Crippen LogP contribution in [0.5, 0.6) is 5.75 Å². The molecule has 0 aliphatic carbocycles. The van der Waals surface area contributed by atoms with E-state index >= 15 is 0 Å². The van der Waals surface area contributed by atoms with Gasteiger partial charge in [-0.3, -0.25) is 4.79 Å². The zero-order chi connectivity index (χ0) is 17.0. The van der Waals surface area contributed by atoms with Gasteiger partial charge in [0.05, 0.1) is 11.6 Å². The largest absolute Gasteiger partial charge is 0.573 e. The maximum Gasteiger partial charge on any atom is 0.573 e. The van der Waals surface area contributed by atoms with Crippen LogP contribution in [-0.2, 0) is 4.79 Å². The van der Waals surface area contributed by atoms with E-state index in [9.17, 15) is 22.8 Å². The topological polar surface area (TPSA) is 78.9 Å². The fraction of sp³-hybridized carbons (Fsp3) is 0.429. The van der Waals surface area contributed by atoms with Crippen molar-refractivity contribution < 1.29 is 32.6 Å². The van der Waals surface area contributed by atoms with E-state index in [2.05, 4.69) is 10.1 Å². The van der Waals surface area contributed by atoms with Gasteiger partial charge in [0.2, 0.25) is 0 Å². The van der Waals surface area contributed by atoms with Crippen molar-refractivity contribution in [2.24, 2.45) is 5.92 Å². The Morgan fingerprint density at radius 2 is 2.00 bits per heavy atom. The molecule has 1 aromatic carbocycles. The van der Waals surface area contributed by atoms with Gasteiger partial charge in [0, 0.05) is 13.1 Å². The molecule has 23 heavy (non-hydrogen) atoms. The molecule has 2 N–H and O–H groups in total. The Bertz CT molecular complexity index is 592. The normalized spacial score (nSPS) is 18.4. The number of nitrogens with zero attached hydrogens (tertiary/aromatic N) is 1. The van der Waals surface area contributed by atoms with Gasteiger partial charge >= 0.3 is 18.4 Å². The second-order valence-electron chi connectivity index (χ2n) is 5.10. The quantitative estimate of drug-likeness (QED) is 0.892. The molecule has 0 bridgehead atoms. The zero-order valence-corrected chi connectivity index (χ0v) is 12.0. The van der Waals surface area contributed by atoms with Gasteiger partial charge in [0.1, 0.15) is 0 Å². The molecule has 0 spiro atoms. The summed E-state index contributed by atoms with van der Waals surface area (Å²) in [5, 5.41) is 11.3. The van der Waals surface area contributed by atoms with Crippen LogP contribution in [0.1, 0.15) is 12.8 Å². The highest BCUT2D eigenvalue weighted by molar-refractivity contribution is 5.91. The average molecular weight is 332 g/mol. The molecule has 126 valence electrons. The second-order valence-corrected chi connectivity index (χ2v) is 5.10. The van der Waals surface area contributed by atoms with Crippen LogP contribution in [0, 0.1) is 5.92 Å². The first-order valence-electron chi connectivity index (χ1n) is 6.90. The van der Waals surface area contributed by atoms with Crippen LogP contribution in [0.2, 0.25) is 0 Å². The molecule has 6 nitrogen and oxygen atoms in total. The molecule has 0 radical (unpaired) electrons. The van der Waals surface area contributed by atoms with Crippen LogP contribution in [0.3, 0.4) is 0 Å². The van der Waals surface area contributed by atoms with Crippen LogP contribution in [-0.4, -0.2) is 41.5 Å². The van der Waals surface area contributed by atoms with Gasteiger partial charge in [-0.15, -0.1) is 13.2 Å². The SMILES string of the molecule is O=C(O)C1CCCN(C(=O)Nc2ccccc2OC(F)(F)F)C1. The summed E-state index contributed by atoms with van der Waals surface area (Å²) >= 11 is 0. The standard InChI is InChI=1S/C14H15F3N2O4/c15-14(16,17)23-11-6-2-1-5-10(11)18-13(22)19-7-3-4-9(8-19)12(20)21/h1-2,5-6,9H,3-4,7-8H2,(H,18,22)(H,20,21). The number of hydrogen-bond donors (Lipinski definition) is 2. The average Bonchev–Trinajstić information content (AvgIpc) is 2.48. The van der Waals surface area contributed by atoms with Crippen LogP contribution in [0.4, 0.5) is 23.7 Å². The number of benzene rings is 1. The number of hydrogen-bond acceptors (Lipinski definition) is 3. The van der Waals surface area contributed by atoms with E-state index in [1.807, 2.05) is 0 Å². The summed E-state index contributed by atoms with van der Waals surface area (Å²) in [7, 11) is 0. The summed E-state index contributed by atoms with van der Waals surface area (Å²) in [6, 6.07) is 4.50. The predicted octanol–water partition coefficient (Wildman–Crippen LogP) is 2.91. The number of alkyl halides is 3. The first-order valence-corrected chi connectivity index (χ1v) is 6.90. The van der Waals surface area contributed by atoms with Crippen molar-refractivity contribution in [1.82, 2.24) is 4.90 Å². The van der Waals surface area contributed by atoms with Crippen molar-refractivity contribution in [3.05, 3.63) is 24.3 Å². The molecule has 1 fully saturated rings. The third-order valence-electron chi connectivity index (χ3n) is 3.41. The number of carbonyl (C=O) groups excluding carboxylic acids is 1. The van der Waals surface area contributed by atoms with Gasteiger partial charge in [-0.25, -0.2) is 4.79 Å². The summed E-state index contributed by atoms with van der Waals surface area (Å²) in [5.41, 5.74) is -0.132. The summed E-state index contributed by atoms with van der Waals surface area (Å²) < 4.78 is 40.9. The van der Waals surface area contributed by atoms with E-state index < -0.39 is 30.0 Å². The molecule has 1 atom stereocenters. The van der Waals surface area contributed by atoms with Crippen LogP contribution < -0.4 is 10.1 Å². The number of amides is 2. The Morgan fingerprint density at radius 1 is 1.30 bits per heavy atom. The number of likely N-dealkylation sites (tertiary alicyclic amines) is 1. The molecule has 1 unspecified atom stereocenters. The van der Waals surface area contributed by atoms with Gasteiger partial charge in [0.15, 0.2) is 5.75 Å². The molecule has 1 saturated heterocycles. The molecule has 9 heteroatoms. The number of carbonyl (C=O) groups is 2. The Balaban J connectivity index is 2.07. The van der Waals surface area contributed by atoms with Crippen molar-refractivity contribution in [3.8, 4) is 5.75 Å². The first-order chi connectivity index (χ1) is 10.8. The number of halogens is 3. The van der Waals surface area contributed by atoms with Crippen molar-refractivity contribution in [2.75, 3.05) is 18.4 Å². The lowest BCUT2D eigenvalue weighted by molar-refractivity contribution is -0.274. The lowest BCUT2D eigenvalue weighted by atomic mass is 9.99. The Hall–Kier alpha value is -2.45. The molecule has 1 heterocycles. The molecular weight excluding hydrogens is 317 g/mol. The predicted molar refractivity (Wildman–Crippen MR) is 74.1 cm³/mol. The zero-order valence-electron chi connectivity index (χ0n) is 12.0. The van der Waals surface area contributed by atoms with Gasteiger partial charge in [-0.1, -0.05) is 12.1 Å². The van der Waals surface area contributed by atoms with Gasteiger partial charge in [0.25, 0.3) is 0 Å². The van der Waals surface area contributed by atoms with E-state index in [4.69, 9.17) is 5.11 Å². The Kier molecular flexibility index (Phi) is 4.97. The minimum atomic E-state index is -4.87. The number of rotatable bonds is 3. The molecule has 1 aliphatic rings. The van der Waals surface area contributed by atoms with Crippen LogP contribution >= 0.6 is 0 Å². The maximum absolute atomic E-state index is 12.3. The molecule has 2 amide bonds. The fourth-order valence-corrected chi connectivity index (χ4v) is 2.34. The third-order valence-corrected chi connectivity index (χ3v) is 3.41. The van der Waals surface area contributed by atoms with Gasteiger partial charge < -0.3 is 20.1 Å². The maximum atomic E-state index is 12.3. The number of carboxylic acid groups (broad SMARTS) is 1. The minimum absolute atomic E-state index is 0.0173. The number of urea groups is 1. The van der Waals surface area contributed by atoms with Crippen molar-refractivity contribution in [2.45, 2.75) is 19.2 Å². The van der Waals surface area contributed by atoms with E-state index in [0.29, 0.717) is 19.4 Å². The number of nitrogens with one attached hydrogen (secondary N) is 1. The van der Waals surface area contributed by atoms with E-state index in [1.165, 1.54) is 23.1 Å². The first kappa shape index (κ1) is 16.9. The lowest BCUT2D eigenvalue weighted by Gasteiger charge is -2.30. The fourth-order valence-electron chi connectivity index (χ4n) is 2.34. The van der Waals surface area contributed by atoms with Crippen molar-refractivity contribution in [3.63, 3.8) is 0 Å². The number of carboxylic acids is 1. The number of anilines is 1. The van der Waals surface area contributed by atoms with Crippen LogP contribution in [0.15, 0.2) is 24.3 Å². The van der Waals surface area contributed by atoms with E-state index in [-0.39, 0.29) is 12.2 Å². The summed E-state index contributed by atoms with van der Waals surface area (Å²) in [6.45, 7) is 0.362. The number of piperidine rings is 1. The molecular formula is C14H15F3N2O4. The highest BCUT2D eigenvalue weighted by Gasteiger charge is 2.33. The summed E-state index contributed by atoms with van der Waals surface area (Å²) in [6.07, 6.45) is -3.89. The van der Waals surface area contributed by atoms with Crippen molar-refractivity contribution >= 4 is 17.7 Å². The molecule has 1 aromatic rings. The van der Waals surface area contributed by atoms with E-state index in [0.717, 1.165) is 6.07 Å². The lowest BCUT2D eigenvalue weighted by Crippen LogP contribution is -2.44. The minimum Gasteiger partial charge on any atom is -0.481 e. The number of aliphatic carboxylic acids is 1. The highest BCUT2D eigenvalue weighted by Crippen LogP contribution is 2.30. The molecule has 1 aliphatic heterocycles. The monoisotopic (exact) mass is 332 g/mol. The smallest absolute Gasteiger partial charge is 0.481 e. The van der Waals surface area contributed by atoms with Gasteiger partial charge in [-0.05, 0) is 25.0 Å².